The van der Waals surface area contributed by atoms with E-state index in [1.807, 2.05) is 24.3 Å². The predicted octanol–water partition coefficient (Wildman–Crippen LogP) is 4.51. The van der Waals surface area contributed by atoms with Gasteiger partial charge in [-0.25, -0.2) is 0 Å². The Morgan fingerprint density at radius 1 is 1.18 bits per heavy atom. The lowest BCUT2D eigenvalue weighted by molar-refractivity contribution is -0.116. The van der Waals surface area contributed by atoms with E-state index in [0.29, 0.717) is 24.7 Å². The molecule has 0 spiro atoms. The van der Waals surface area contributed by atoms with Crippen LogP contribution < -0.4 is 14.8 Å². The van der Waals surface area contributed by atoms with E-state index in [9.17, 15) is 4.79 Å². The second-order valence-corrected chi connectivity index (χ2v) is 7.06. The van der Waals surface area contributed by atoms with Crippen LogP contribution in [-0.4, -0.2) is 26.2 Å². The van der Waals surface area contributed by atoms with E-state index >= 15 is 0 Å². The minimum atomic E-state index is -0.0897. The van der Waals surface area contributed by atoms with Crippen molar-refractivity contribution in [3.05, 3.63) is 78.4 Å². The Morgan fingerprint density at radius 3 is 2.61 bits per heavy atom. The normalized spacial score (nSPS) is 14.9. The van der Waals surface area contributed by atoms with Gasteiger partial charge in [0.25, 0.3) is 0 Å². The van der Waals surface area contributed by atoms with Crippen LogP contribution in [0.2, 0.25) is 0 Å². The maximum Gasteiger partial charge on any atom is 0.244 e. The molecule has 1 aliphatic carbocycles. The topological polar surface area (TPSA) is 47.6 Å². The van der Waals surface area contributed by atoms with E-state index in [-0.39, 0.29) is 11.3 Å². The first-order valence-electron chi connectivity index (χ1n) is 9.60. The fraction of sp³-hybridized carbons (Fsp3) is 0.292. The van der Waals surface area contributed by atoms with E-state index in [0.717, 1.165) is 18.4 Å². The molecule has 28 heavy (non-hydrogen) atoms. The van der Waals surface area contributed by atoms with E-state index in [4.69, 9.17) is 9.47 Å². The molecule has 4 nitrogen and oxygen atoms in total. The van der Waals surface area contributed by atoms with Crippen molar-refractivity contribution in [2.24, 2.45) is 0 Å². The van der Waals surface area contributed by atoms with Crippen LogP contribution in [0.1, 0.15) is 30.4 Å². The van der Waals surface area contributed by atoms with Crippen molar-refractivity contribution in [1.29, 1.82) is 0 Å². The molecule has 1 fully saturated rings. The number of carbonyl (C=O) groups is 1. The summed E-state index contributed by atoms with van der Waals surface area (Å²) in [4.78, 5) is 12.3. The van der Waals surface area contributed by atoms with Gasteiger partial charge in [0.1, 0.15) is 6.61 Å². The van der Waals surface area contributed by atoms with Crippen LogP contribution >= 0.6 is 0 Å². The molecular formula is C24H27NO3. The van der Waals surface area contributed by atoms with Gasteiger partial charge in [-0.05, 0) is 42.2 Å². The molecule has 0 unspecified atom stereocenters. The summed E-state index contributed by atoms with van der Waals surface area (Å²) in [7, 11) is 1.60. The highest BCUT2D eigenvalue weighted by Crippen LogP contribution is 2.43. The minimum Gasteiger partial charge on any atom is -0.493 e. The van der Waals surface area contributed by atoms with E-state index in [1.165, 1.54) is 12.0 Å². The number of methoxy groups -OCH3 is 1. The van der Waals surface area contributed by atoms with E-state index < -0.39 is 0 Å². The summed E-state index contributed by atoms with van der Waals surface area (Å²) >= 11 is 0. The Bertz CT molecular complexity index is 838. The predicted molar refractivity (Wildman–Crippen MR) is 113 cm³/mol. The minimum absolute atomic E-state index is 0.0815. The zero-order valence-corrected chi connectivity index (χ0v) is 16.3. The fourth-order valence-corrected chi connectivity index (χ4v) is 3.51. The smallest absolute Gasteiger partial charge is 0.244 e. The number of amides is 1. The quantitative estimate of drug-likeness (QED) is 0.517. The fourth-order valence-electron chi connectivity index (χ4n) is 3.51. The second kappa shape index (κ2) is 9.27. The second-order valence-electron chi connectivity index (χ2n) is 7.06. The lowest BCUT2D eigenvalue weighted by Crippen LogP contribution is -2.45. The molecule has 2 aromatic rings. The summed E-state index contributed by atoms with van der Waals surface area (Å²) in [6.45, 7) is 4.72. The van der Waals surface area contributed by atoms with Gasteiger partial charge in [0.05, 0.1) is 7.11 Å². The lowest BCUT2D eigenvalue weighted by atomic mass is 9.64. The summed E-state index contributed by atoms with van der Waals surface area (Å²) in [5, 5.41) is 3.07. The van der Waals surface area contributed by atoms with Crippen molar-refractivity contribution >= 4 is 12.0 Å². The van der Waals surface area contributed by atoms with Crippen molar-refractivity contribution in [2.75, 3.05) is 20.3 Å². The van der Waals surface area contributed by atoms with E-state index in [2.05, 4.69) is 36.2 Å². The van der Waals surface area contributed by atoms with Gasteiger partial charge in [0, 0.05) is 18.0 Å². The van der Waals surface area contributed by atoms with Gasteiger partial charge in [-0.3, -0.25) is 4.79 Å². The first kappa shape index (κ1) is 19.7. The van der Waals surface area contributed by atoms with E-state index in [1.54, 1.807) is 25.3 Å². The maximum atomic E-state index is 12.3. The van der Waals surface area contributed by atoms with Gasteiger partial charge >= 0.3 is 0 Å². The zero-order valence-electron chi connectivity index (χ0n) is 16.3. The third-order valence-corrected chi connectivity index (χ3v) is 5.27. The van der Waals surface area contributed by atoms with Gasteiger partial charge in [-0.15, -0.1) is 0 Å². The summed E-state index contributed by atoms with van der Waals surface area (Å²) in [6, 6.07) is 16.0. The Balaban J connectivity index is 1.60. The third-order valence-electron chi connectivity index (χ3n) is 5.27. The molecule has 0 aliphatic heterocycles. The highest BCUT2D eigenvalue weighted by molar-refractivity contribution is 5.91. The summed E-state index contributed by atoms with van der Waals surface area (Å²) in [5.41, 5.74) is 2.27. The summed E-state index contributed by atoms with van der Waals surface area (Å²) in [6.07, 6.45) is 8.47. The first-order valence-corrected chi connectivity index (χ1v) is 9.60. The van der Waals surface area contributed by atoms with Gasteiger partial charge in [-0.1, -0.05) is 55.5 Å². The Morgan fingerprint density at radius 2 is 1.96 bits per heavy atom. The van der Waals surface area contributed by atoms with Crippen LogP contribution in [0.4, 0.5) is 0 Å². The zero-order chi connectivity index (χ0) is 19.8. The number of rotatable bonds is 9. The van der Waals surface area contributed by atoms with Crippen LogP contribution in [0, 0.1) is 0 Å². The van der Waals surface area contributed by atoms with Crippen LogP contribution in [0.3, 0.4) is 0 Å². The summed E-state index contributed by atoms with van der Waals surface area (Å²) in [5.74, 6) is 1.19. The van der Waals surface area contributed by atoms with Crippen LogP contribution in [0.5, 0.6) is 11.5 Å². The average molecular weight is 377 g/mol. The molecular weight excluding hydrogens is 350 g/mol. The number of hydrogen-bond donors (Lipinski definition) is 1. The monoisotopic (exact) mass is 377 g/mol. The molecule has 0 bridgehead atoms. The van der Waals surface area contributed by atoms with Crippen LogP contribution in [0.15, 0.2) is 67.3 Å². The molecule has 1 amide bonds. The van der Waals surface area contributed by atoms with Gasteiger partial charge in [-0.2, -0.15) is 0 Å². The Labute approximate surface area is 166 Å². The molecule has 1 N–H and O–H groups in total. The van der Waals surface area contributed by atoms with Crippen molar-refractivity contribution in [3.63, 3.8) is 0 Å². The largest absolute Gasteiger partial charge is 0.493 e. The number of nitrogens with one attached hydrogen (secondary N) is 1. The van der Waals surface area contributed by atoms with Crippen molar-refractivity contribution in [3.8, 4) is 11.5 Å². The number of ether oxygens (including phenoxy) is 2. The number of carbonyl (C=O) groups excluding carboxylic acids is 1. The molecule has 0 heterocycles. The molecule has 2 aromatic carbocycles. The van der Waals surface area contributed by atoms with Gasteiger partial charge < -0.3 is 14.8 Å². The molecule has 1 saturated carbocycles. The SMILES string of the molecule is C=CCOc1ccc(/C=C/C(=O)NCC2(c3ccccc3)CCC2)cc1OC. The molecule has 0 saturated heterocycles. The molecule has 0 aromatic heterocycles. The molecule has 4 heteroatoms. The highest BCUT2D eigenvalue weighted by Gasteiger charge is 2.38. The molecule has 1 aliphatic rings. The molecule has 0 atom stereocenters. The third kappa shape index (κ3) is 4.63. The number of benzene rings is 2. The van der Waals surface area contributed by atoms with Gasteiger partial charge in [0.15, 0.2) is 11.5 Å². The summed E-state index contributed by atoms with van der Waals surface area (Å²) < 4.78 is 10.9. The molecule has 146 valence electrons. The highest BCUT2D eigenvalue weighted by atomic mass is 16.5. The molecule has 0 radical (unpaired) electrons. The lowest BCUT2D eigenvalue weighted by Gasteiger charge is -2.42. The van der Waals surface area contributed by atoms with Crippen molar-refractivity contribution < 1.29 is 14.3 Å². The van der Waals surface area contributed by atoms with Crippen LogP contribution in [-0.2, 0) is 10.2 Å². The molecule has 3 rings (SSSR count). The standard InChI is InChI=1S/C24H27NO3/c1-3-16-28-21-12-10-19(17-22(21)27-2)11-13-23(26)25-18-24(14-7-15-24)20-8-5-4-6-9-20/h3-6,8-13,17H,1,7,14-16,18H2,2H3,(H,25,26)/b13-11+. The first-order chi connectivity index (χ1) is 13.7. The average Bonchev–Trinajstić information content (AvgIpc) is 2.71. The van der Waals surface area contributed by atoms with Gasteiger partial charge in [0.2, 0.25) is 5.91 Å². The van der Waals surface area contributed by atoms with Crippen LogP contribution in [0.25, 0.3) is 6.08 Å². The maximum absolute atomic E-state index is 12.3. The van der Waals surface area contributed by atoms with Crippen molar-refractivity contribution in [2.45, 2.75) is 24.7 Å². The Hall–Kier alpha value is -3.01. The van der Waals surface area contributed by atoms with Crippen molar-refractivity contribution in [1.82, 2.24) is 5.32 Å². The Kier molecular flexibility index (Phi) is 6.53. The number of hydrogen-bond acceptors (Lipinski definition) is 3.